The third-order valence-corrected chi connectivity index (χ3v) is 4.35. The van der Waals surface area contributed by atoms with Crippen molar-refractivity contribution in [3.8, 4) is 0 Å². The zero-order chi connectivity index (χ0) is 12.7. The van der Waals surface area contributed by atoms with Gasteiger partial charge in [-0.05, 0) is 38.3 Å². The van der Waals surface area contributed by atoms with E-state index in [1.807, 2.05) is 4.90 Å². The van der Waals surface area contributed by atoms with Crippen molar-refractivity contribution in [2.24, 2.45) is 11.3 Å². The van der Waals surface area contributed by atoms with Crippen LogP contribution in [0.2, 0.25) is 0 Å². The molecule has 0 saturated carbocycles. The number of likely N-dealkylation sites (tertiary alicyclic amines) is 1. The predicted octanol–water partition coefficient (Wildman–Crippen LogP) is 2.26. The summed E-state index contributed by atoms with van der Waals surface area (Å²) >= 11 is 0. The van der Waals surface area contributed by atoms with Crippen molar-refractivity contribution in [2.75, 3.05) is 26.2 Å². The number of rotatable bonds is 2. The molecule has 2 fully saturated rings. The Morgan fingerprint density at radius 3 is 2.59 bits per heavy atom. The first-order valence-electron chi connectivity index (χ1n) is 6.33. The van der Waals surface area contributed by atoms with Crippen molar-refractivity contribution in [3.05, 3.63) is 0 Å². The van der Waals surface area contributed by atoms with Gasteiger partial charge in [-0.2, -0.15) is 13.2 Å². The molecule has 0 aromatic carbocycles. The molecule has 0 aromatic rings. The molecule has 0 radical (unpaired) electrons. The van der Waals surface area contributed by atoms with Gasteiger partial charge < -0.3 is 5.32 Å². The van der Waals surface area contributed by atoms with Crippen LogP contribution in [0.25, 0.3) is 0 Å². The van der Waals surface area contributed by atoms with E-state index < -0.39 is 12.1 Å². The highest BCUT2D eigenvalue weighted by Gasteiger charge is 2.49. The standard InChI is InChI=1S/C12H21F3N2/c1-9-10(12(13,14)15)3-6-17(9)8-11(2)4-5-16-7-11/h9-10,16H,3-8H2,1-2H3. The van der Waals surface area contributed by atoms with Gasteiger partial charge in [-0.25, -0.2) is 0 Å². The van der Waals surface area contributed by atoms with Gasteiger partial charge in [-0.3, -0.25) is 4.90 Å². The Bertz CT molecular complexity index is 271. The molecule has 0 bridgehead atoms. The third-order valence-electron chi connectivity index (χ3n) is 4.35. The quantitative estimate of drug-likeness (QED) is 0.808. The van der Waals surface area contributed by atoms with Crippen molar-refractivity contribution in [3.63, 3.8) is 0 Å². The van der Waals surface area contributed by atoms with Crippen molar-refractivity contribution in [2.45, 2.75) is 38.9 Å². The third kappa shape index (κ3) is 2.76. The minimum Gasteiger partial charge on any atom is -0.316 e. The average molecular weight is 250 g/mol. The van der Waals surface area contributed by atoms with E-state index in [9.17, 15) is 13.2 Å². The van der Waals surface area contributed by atoms with Gasteiger partial charge in [-0.1, -0.05) is 6.92 Å². The topological polar surface area (TPSA) is 15.3 Å². The molecule has 100 valence electrons. The van der Waals surface area contributed by atoms with Crippen LogP contribution in [-0.4, -0.2) is 43.3 Å². The highest BCUT2D eigenvalue weighted by atomic mass is 19.4. The van der Waals surface area contributed by atoms with Gasteiger partial charge in [-0.15, -0.1) is 0 Å². The summed E-state index contributed by atoms with van der Waals surface area (Å²) in [5, 5.41) is 3.29. The van der Waals surface area contributed by atoms with Crippen molar-refractivity contribution in [1.82, 2.24) is 10.2 Å². The number of hydrogen-bond donors (Lipinski definition) is 1. The molecule has 3 unspecified atom stereocenters. The number of halogens is 3. The summed E-state index contributed by atoms with van der Waals surface area (Å²) < 4.78 is 38.3. The number of hydrogen-bond acceptors (Lipinski definition) is 2. The van der Waals surface area contributed by atoms with E-state index >= 15 is 0 Å². The van der Waals surface area contributed by atoms with Crippen LogP contribution in [0.4, 0.5) is 13.2 Å². The highest BCUT2D eigenvalue weighted by molar-refractivity contribution is 4.93. The normalized spacial score (nSPS) is 40.1. The van der Waals surface area contributed by atoms with E-state index in [1.165, 1.54) is 0 Å². The van der Waals surface area contributed by atoms with Gasteiger partial charge in [0.25, 0.3) is 0 Å². The van der Waals surface area contributed by atoms with Crippen LogP contribution in [0.15, 0.2) is 0 Å². The van der Waals surface area contributed by atoms with E-state index in [1.54, 1.807) is 6.92 Å². The molecule has 2 saturated heterocycles. The maximum Gasteiger partial charge on any atom is 0.393 e. The second-order valence-corrected chi connectivity index (χ2v) is 5.89. The molecule has 2 rings (SSSR count). The smallest absolute Gasteiger partial charge is 0.316 e. The van der Waals surface area contributed by atoms with Crippen LogP contribution in [-0.2, 0) is 0 Å². The summed E-state index contributed by atoms with van der Waals surface area (Å²) in [4.78, 5) is 2.02. The number of nitrogens with one attached hydrogen (secondary N) is 1. The Balaban J connectivity index is 1.96. The second-order valence-electron chi connectivity index (χ2n) is 5.89. The highest BCUT2D eigenvalue weighted by Crippen LogP contribution is 2.39. The summed E-state index contributed by atoms with van der Waals surface area (Å²) in [6.07, 6.45) is -2.72. The lowest BCUT2D eigenvalue weighted by Crippen LogP contribution is -2.42. The molecule has 0 spiro atoms. The fraction of sp³-hybridized carbons (Fsp3) is 1.00. The Kier molecular flexibility index (Phi) is 3.42. The fourth-order valence-corrected chi connectivity index (χ4v) is 3.16. The average Bonchev–Trinajstić information content (AvgIpc) is 2.74. The van der Waals surface area contributed by atoms with Crippen molar-refractivity contribution in [1.29, 1.82) is 0 Å². The molecule has 0 amide bonds. The summed E-state index contributed by atoms with van der Waals surface area (Å²) in [6.45, 7) is 7.17. The lowest BCUT2D eigenvalue weighted by atomic mass is 9.89. The Morgan fingerprint density at radius 1 is 1.41 bits per heavy atom. The Labute approximate surface area is 101 Å². The minimum absolute atomic E-state index is 0.148. The minimum atomic E-state index is -4.04. The lowest BCUT2D eigenvalue weighted by molar-refractivity contribution is -0.179. The summed E-state index contributed by atoms with van der Waals surface area (Å²) in [7, 11) is 0. The molecule has 2 aliphatic heterocycles. The largest absolute Gasteiger partial charge is 0.393 e. The second kappa shape index (κ2) is 4.43. The molecule has 2 nitrogen and oxygen atoms in total. The molecule has 2 aliphatic rings. The van der Waals surface area contributed by atoms with Crippen LogP contribution in [0.5, 0.6) is 0 Å². The van der Waals surface area contributed by atoms with Crippen LogP contribution in [0.1, 0.15) is 26.7 Å². The predicted molar refractivity (Wildman–Crippen MR) is 60.8 cm³/mol. The van der Waals surface area contributed by atoms with E-state index in [2.05, 4.69) is 12.2 Å². The zero-order valence-corrected chi connectivity index (χ0v) is 10.5. The summed E-state index contributed by atoms with van der Waals surface area (Å²) in [6, 6.07) is -0.368. The maximum absolute atomic E-state index is 12.8. The van der Waals surface area contributed by atoms with Gasteiger partial charge in [0, 0.05) is 19.1 Å². The van der Waals surface area contributed by atoms with E-state index in [4.69, 9.17) is 0 Å². The van der Waals surface area contributed by atoms with Gasteiger partial charge in [0.05, 0.1) is 5.92 Å². The summed E-state index contributed by atoms with van der Waals surface area (Å²) in [5.74, 6) is -1.14. The van der Waals surface area contributed by atoms with E-state index in [-0.39, 0.29) is 17.9 Å². The molecule has 2 heterocycles. The van der Waals surface area contributed by atoms with Crippen LogP contribution in [0, 0.1) is 11.3 Å². The molecule has 5 heteroatoms. The summed E-state index contributed by atoms with van der Waals surface area (Å²) in [5.41, 5.74) is 0.148. The van der Waals surface area contributed by atoms with Gasteiger partial charge >= 0.3 is 6.18 Å². The van der Waals surface area contributed by atoms with Gasteiger partial charge in [0.15, 0.2) is 0 Å². The van der Waals surface area contributed by atoms with Gasteiger partial charge in [0.1, 0.15) is 0 Å². The SMILES string of the molecule is CC1C(C(F)(F)F)CCN1CC1(C)CCNC1. The van der Waals surface area contributed by atoms with Crippen molar-refractivity contribution >= 4 is 0 Å². The number of alkyl halides is 3. The van der Waals surface area contributed by atoms with Crippen molar-refractivity contribution < 1.29 is 13.2 Å². The maximum atomic E-state index is 12.8. The zero-order valence-electron chi connectivity index (χ0n) is 10.5. The van der Waals surface area contributed by atoms with E-state index in [0.717, 1.165) is 26.1 Å². The molecule has 0 aromatic heterocycles. The first-order chi connectivity index (χ1) is 7.82. The fourth-order valence-electron chi connectivity index (χ4n) is 3.16. The Hall–Kier alpha value is -0.290. The molecule has 0 aliphatic carbocycles. The molecular weight excluding hydrogens is 229 g/mol. The van der Waals surface area contributed by atoms with Crippen LogP contribution in [0.3, 0.4) is 0 Å². The van der Waals surface area contributed by atoms with Gasteiger partial charge in [0.2, 0.25) is 0 Å². The molecule has 3 atom stereocenters. The molecule has 17 heavy (non-hydrogen) atoms. The van der Waals surface area contributed by atoms with E-state index in [0.29, 0.717) is 6.54 Å². The first-order valence-corrected chi connectivity index (χ1v) is 6.33. The number of nitrogens with zero attached hydrogens (tertiary/aromatic N) is 1. The monoisotopic (exact) mass is 250 g/mol. The molecule has 1 N–H and O–H groups in total. The van der Waals surface area contributed by atoms with Crippen LogP contribution >= 0.6 is 0 Å². The first kappa shape index (κ1) is 13.1. The lowest BCUT2D eigenvalue weighted by Gasteiger charge is -2.33. The molecular formula is C12H21F3N2. The van der Waals surface area contributed by atoms with Crippen LogP contribution < -0.4 is 5.32 Å². The Morgan fingerprint density at radius 2 is 2.12 bits per heavy atom.